The molecule has 3 aliphatic rings. The van der Waals surface area contributed by atoms with Crippen molar-refractivity contribution in [1.82, 2.24) is 15.5 Å². The van der Waals surface area contributed by atoms with Crippen molar-refractivity contribution in [2.24, 2.45) is 11.7 Å². The Balaban J connectivity index is 1.40. The molecular weight excluding hydrogens is 791 g/mol. The van der Waals surface area contributed by atoms with Gasteiger partial charge in [0.1, 0.15) is 35.8 Å². The minimum absolute atomic E-state index is 0.0127. The van der Waals surface area contributed by atoms with E-state index in [1.807, 2.05) is 91.0 Å². The number of nitrogens with two attached hydrogens (primary N) is 1. The smallest absolute Gasteiger partial charge is 0.329 e. The number of nitrogens with zero attached hydrogens (tertiary/aromatic N) is 2. The van der Waals surface area contributed by atoms with Gasteiger partial charge in [0.05, 0.1) is 37.0 Å². The van der Waals surface area contributed by atoms with Crippen LogP contribution in [0.4, 0.5) is 15.3 Å². The number of ether oxygens (including phenoxy) is 2. The van der Waals surface area contributed by atoms with E-state index in [0.717, 1.165) is 10.5 Å². The first-order valence-corrected chi connectivity index (χ1v) is 20.1. The zero-order valence-corrected chi connectivity index (χ0v) is 33.5. The number of urea groups is 2. The van der Waals surface area contributed by atoms with E-state index < -0.39 is 71.5 Å². The molecule has 6 N–H and O–H groups in total. The number of anilines is 1. The molecule has 5 aromatic carbocycles. The van der Waals surface area contributed by atoms with Gasteiger partial charge in [0.25, 0.3) is 0 Å². The number of carboxylic acids is 1. The number of carbonyl (C=O) groups is 5. The van der Waals surface area contributed by atoms with Crippen molar-refractivity contribution in [2.45, 2.75) is 42.6 Å². The van der Waals surface area contributed by atoms with Crippen LogP contribution in [-0.4, -0.2) is 70.8 Å². The molecule has 0 radical (unpaired) electrons. The Hall–Kier alpha value is -7.47. The number of carboxylic acid groups (broad SMARTS) is 1. The number of fused-ring (bicyclic) bond motifs is 3. The summed E-state index contributed by atoms with van der Waals surface area (Å²) in [5, 5.41) is 26.4. The van der Waals surface area contributed by atoms with Crippen LogP contribution in [0.2, 0.25) is 0 Å². The van der Waals surface area contributed by atoms with E-state index in [4.69, 9.17) is 15.2 Å². The summed E-state index contributed by atoms with van der Waals surface area (Å²) >= 11 is 0. The standard InChI is InChI=1S/C48H43N5O9/c1-29(31-13-5-2-6-14-31)51-47(60)52-37-24-19-30(12-11-25-50-46(49)59)28-36(37)48(45(52)58)38(43(55)56)40-44(57)62-41(33-17-9-4-10-18-33)39(32-15-7-3-8-16-32)53(40)42(48)34-20-22-35(23-21-34)61-27-26-54/h2-10,13-24,28-29,38-42,54H,25-27H2,1H3,(H,51,60)(H,55,56)(H3,49,50,59)/t29-,38-,39-,40-,41+,42+,48-/m1/s1. The van der Waals surface area contributed by atoms with Crippen molar-refractivity contribution < 1.29 is 43.7 Å². The molecule has 8 rings (SSSR count). The number of benzene rings is 5. The monoisotopic (exact) mass is 833 g/mol. The Kier molecular flexibility index (Phi) is 11.5. The average molecular weight is 834 g/mol. The van der Waals surface area contributed by atoms with E-state index in [0.29, 0.717) is 28.0 Å². The Bertz CT molecular complexity index is 2560. The van der Waals surface area contributed by atoms with Crippen molar-refractivity contribution in [1.29, 1.82) is 0 Å². The van der Waals surface area contributed by atoms with Gasteiger partial charge >= 0.3 is 24.0 Å². The van der Waals surface area contributed by atoms with E-state index in [9.17, 15) is 29.4 Å². The van der Waals surface area contributed by atoms with Crippen molar-refractivity contribution in [3.63, 3.8) is 0 Å². The topological polar surface area (TPSA) is 201 Å². The quantitative estimate of drug-likeness (QED) is 0.0909. The maximum absolute atomic E-state index is 16.0. The third-order valence-corrected chi connectivity index (χ3v) is 11.7. The van der Waals surface area contributed by atoms with Gasteiger partial charge in [-0.3, -0.25) is 19.3 Å². The number of imide groups is 1. The van der Waals surface area contributed by atoms with Gasteiger partial charge in [-0.25, -0.2) is 14.5 Å². The fourth-order valence-electron chi connectivity index (χ4n) is 9.23. The van der Waals surface area contributed by atoms with Crippen molar-refractivity contribution >= 4 is 35.6 Å². The zero-order valence-electron chi connectivity index (χ0n) is 33.5. The van der Waals surface area contributed by atoms with Crippen molar-refractivity contribution in [2.75, 3.05) is 24.7 Å². The number of nitrogens with one attached hydrogen (secondary N) is 2. The Morgan fingerprint density at radius 2 is 1.50 bits per heavy atom. The van der Waals surface area contributed by atoms with E-state index in [1.54, 1.807) is 54.3 Å². The summed E-state index contributed by atoms with van der Waals surface area (Å²) in [4.78, 5) is 73.9. The van der Waals surface area contributed by atoms with Gasteiger partial charge in [-0.15, -0.1) is 0 Å². The molecule has 14 heteroatoms. The van der Waals surface area contributed by atoms with Crippen LogP contribution in [0.15, 0.2) is 133 Å². The summed E-state index contributed by atoms with van der Waals surface area (Å²) in [6.45, 7) is 1.45. The van der Waals surface area contributed by atoms with E-state index in [2.05, 4.69) is 22.5 Å². The van der Waals surface area contributed by atoms with Gasteiger partial charge in [0.15, 0.2) is 0 Å². The maximum atomic E-state index is 16.0. The van der Waals surface area contributed by atoms with Crippen LogP contribution >= 0.6 is 0 Å². The largest absolute Gasteiger partial charge is 0.491 e. The molecule has 0 saturated carbocycles. The van der Waals surface area contributed by atoms with Crippen LogP contribution in [-0.2, 0) is 24.5 Å². The molecule has 3 heterocycles. The lowest BCUT2D eigenvalue weighted by Crippen LogP contribution is -2.54. The molecule has 2 saturated heterocycles. The van der Waals surface area contributed by atoms with Crippen LogP contribution in [0, 0.1) is 17.8 Å². The van der Waals surface area contributed by atoms with Gasteiger partial charge in [-0.1, -0.05) is 115 Å². The molecule has 0 unspecified atom stereocenters. The number of esters is 1. The summed E-state index contributed by atoms with van der Waals surface area (Å²) in [5.41, 5.74) is 6.22. The number of amides is 5. The van der Waals surface area contributed by atoms with E-state index in [-0.39, 0.29) is 31.0 Å². The first kappa shape index (κ1) is 41.3. The van der Waals surface area contributed by atoms with Crippen molar-refractivity contribution in [3.05, 3.63) is 167 Å². The SMILES string of the molecule is C[C@@H](NC(=O)N1C(=O)[C@@]2(c3cc(C#CCNC(N)=O)ccc31)[C@H](c1ccc(OCCO)cc1)N1[C@H](c3ccccc3)[C@H](c3ccccc3)OC(=O)[C@H]1[C@@H]2C(=O)O)c1ccccc1. The fourth-order valence-corrected chi connectivity index (χ4v) is 9.23. The molecule has 62 heavy (non-hydrogen) atoms. The molecule has 0 aromatic heterocycles. The van der Waals surface area contributed by atoms with Gasteiger partial charge in [0.2, 0.25) is 5.91 Å². The van der Waals surface area contributed by atoms with Crippen LogP contribution < -0.4 is 26.0 Å². The summed E-state index contributed by atoms with van der Waals surface area (Å²) in [7, 11) is 0. The third-order valence-electron chi connectivity index (χ3n) is 11.7. The minimum Gasteiger partial charge on any atom is -0.491 e. The normalized spacial score (nSPS) is 23.0. The molecule has 2 fully saturated rings. The maximum Gasteiger partial charge on any atom is 0.329 e. The predicted octanol–water partition coefficient (Wildman–Crippen LogP) is 5.30. The van der Waals surface area contributed by atoms with E-state index in [1.165, 1.54) is 0 Å². The van der Waals surface area contributed by atoms with Crippen LogP contribution in [0.25, 0.3) is 0 Å². The van der Waals surface area contributed by atoms with Crippen LogP contribution in [0.3, 0.4) is 0 Å². The van der Waals surface area contributed by atoms with Gasteiger partial charge in [-0.2, -0.15) is 0 Å². The number of morpholine rings is 1. The lowest BCUT2D eigenvalue weighted by molar-refractivity contribution is -0.179. The Morgan fingerprint density at radius 3 is 2.13 bits per heavy atom. The number of aliphatic hydroxyl groups is 1. The first-order valence-electron chi connectivity index (χ1n) is 20.1. The lowest BCUT2D eigenvalue weighted by Gasteiger charge is -2.46. The molecule has 1 spiro atoms. The number of carbonyl (C=O) groups excluding carboxylic acids is 4. The second-order valence-electron chi connectivity index (χ2n) is 15.2. The van der Waals surface area contributed by atoms with Crippen LogP contribution in [0.5, 0.6) is 5.75 Å². The number of aliphatic carboxylic acids is 1. The highest BCUT2D eigenvalue weighted by Crippen LogP contribution is 2.66. The highest BCUT2D eigenvalue weighted by Gasteiger charge is 2.76. The molecule has 5 amide bonds. The average Bonchev–Trinajstić information content (AvgIpc) is 3.74. The number of aliphatic hydroxyl groups excluding tert-OH is 1. The molecule has 14 nitrogen and oxygen atoms in total. The number of hydrogen-bond donors (Lipinski definition) is 5. The number of hydrogen-bond acceptors (Lipinski definition) is 9. The van der Waals surface area contributed by atoms with Crippen molar-refractivity contribution in [3.8, 4) is 17.6 Å². The molecule has 3 aliphatic heterocycles. The summed E-state index contributed by atoms with van der Waals surface area (Å²) in [6.07, 6.45) is -0.960. The first-order chi connectivity index (χ1) is 30.1. The predicted molar refractivity (Wildman–Crippen MR) is 226 cm³/mol. The highest BCUT2D eigenvalue weighted by atomic mass is 16.6. The third kappa shape index (κ3) is 7.27. The second kappa shape index (κ2) is 17.3. The van der Waals surface area contributed by atoms with Gasteiger partial charge in [-0.05, 0) is 65.1 Å². The summed E-state index contributed by atoms with van der Waals surface area (Å²) in [5.74, 6) is 1.20. The van der Waals surface area contributed by atoms with Gasteiger partial charge in [0, 0.05) is 5.56 Å². The molecule has 0 aliphatic carbocycles. The molecule has 5 aromatic rings. The van der Waals surface area contributed by atoms with E-state index >= 15 is 4.79 Å². The van der Waals surface area contributed by atoms with Crippen LogP contribution in [0.1, 0.15) is 64.5 Å². The lowest BCUT2D eigenvalue weighted by atomic mass is 9.65. The Labute approximate surface area is 357 Å². The number of rotatable bonds is 10. The Morgan fingerprint density at radius 1 is 0.855 bits per heavy atom. The zero-order chi connectivity index (χ0) is 43.5. The summed E-state index contributed by atoms with van der Waals surface area (Å²) < 4.78 is 12.0. The number of cyclic esters (lactones) is 1. The number of primary amides is 1. The fraction of sp³-hybridized carbons (Fsp3) is 0.229. The molecular formula is C48H43N5O9. The summed E-state index contributed by atoms with van der Waals surface area (Å²) in [6, 6.07) is 33.1. The molecule has 314 valence electrons. The molecule has 0 bridgehead atoms. The molecule has 7 atom stereocenters. The van der Waals surface area contributed by atoms with Gasteiger partial charge < -0.3 is 36.1 Å². The highest BCUT2D eigenvalue weighted by molar-refractivity contribution is 6.24. The minimum atomic E-state index is -2.17. The second-order valence-corrected chi connectivity index (χ2v) is 15.2.